The lowest BCUT2D eigenvalue weighted by molar-refractivity contribution is 0.0698. The number of anilines is 2. The number of carboxylic acids is 1. The van der Waals surface area contributed by atoms with Gasteiger partial charge >= 0.3 is 5.97 Å². The van der Waals surface area contributed by atoms with Gasteiger partial charge in [-0.2, -0.15) is 0 Å². The predicted molar refractivity (Wildman–Crippen MR) is 118 cm³/mol. The molecule has 0 unspecified atom stereocenters. The number of carboxylic acid groups (broad SMARTS) is 1. The summed E-state index contributed by atoms with van der Waals surface area (Å²) in [4.78, 5) is 29.4. The molecule has 30 heavy (non-hydrogen) atoms. The number of rotatable bonds is 7. The molecule has 0 bridgehead atoms. The van der Waals surface area contributed by atoms with Gasteiger partial charge < -0.3 is 15.7 Å². The van der Waals surface area contributed by atoms with Crippen LogP contribution < -0.4 is 16.2 Å². The van der Waals surface area contributed by atoms with Crippen molar-refractivity contribution in [2.75, 3.05) is 17.2 Å². The Bertz CT molecular complexity index is 1180. The number of aromatic nitrogens is 2. The highest BCUT2D eigenvalue weighted by Gasteiger charge is 2.22. The van der Waals surface area contributed by atoms with Crippen molar-refractivity contribution >= 4 is 23.1 Å². The highest BCUT2D eigenvalue weighted by molar-refractivity contribution is 5.94. The molecule has 2 aromatic heterocycles. The molecular weight excluding hydrogens is 380 g/mol. The van der Waals surface area contributed by atoms with E-state index >= 15 is 0 Å². The number of para-hydroxylation sites is 1. The molecule has 1 aliphatic carbocycles. The van der Waals surface area contributed by atoms with Gasteiger partial charge in [0.15, 0.2) is 0 Å². The van der Waals surface area contributed by atoms with Gasteiger partial charge in [-0.15, -0.1) is 0 Å². The first-order valence-corrected chi connectivity index (χ1v) is 10.2. The monoisotopic (exact) mass is 406 g/mol. The molecule has 1 aliphatic rings. The van der Waals surface area contributed by atoms with Gasteiger partial charge in [-0.3, -0.25) is 9.20 Å². The summed E-state index contributed by atoms with van der Waals surface area (Å²) in [7, 11) is 0. The minimum absolute atomic E-state index is 0.0959. The summed E-state index contributed by atoms with van der Waals surface area (Å²) in [6.45, 7) is 6.49. The number of pyridine rings is 1. The lowest BCUT2D eigenvalue weighted by atomic mass is 10.1. The lowest BCUT2D eigenvalue weighted by Gasteiger charge is -2.20. The Morgan fingerprint density at radius 1 is 1.30 bits per heavy atom. The summed E-state index contributed by atoms with van der Waals surface area (Å²) >= 11 is 0. The molecule has 1 fully saturated rings. The standard InChI is InChI=1S/C23H26N4O3/c1-13-10-18(15(3)25-19-7-5-4-6-17(19)23(29)30)21-26-20(24-11-16-8-9-16)14(2)22(28)27(21)12-13/h4-7,10,12,15-16,24-25H,8-9,11H2,1-3H3,(H,29,30)/t15-/m1/s1. The number of benzene rings is 1. The first kappa shape index (κ1) is 19.9. The number of fused-ring (bicyclic) bond motifs is 1. The smallest absolute Gasteiger partial charge is 0.337 e. The second kappa shape index (κ2) is 7.82. The average Bonchev–Trinajstić information content (AvgIpc) is 3.54. The molecule has 7 heteroatoms. The van der Waals surface area contributed by atoms with Crippen molar-refractivity contribution in [1.29, 1.82) is 0 Å². The maximum Gasteiger partial charge on any atom is 0.337 e. The van der Waals surface area contributed by atoms with Crippen molar-refractivity contribution in [3.63, 3.8) is 0 Å². The van der Waals surface area contributed by atoms with Crippen LogP contribution in [-0.4, -0.2) is 27.0 Å². The predicted octanol–water partition coefficient (Wildman–Crippen LogP) is 4.00. The van der Waals surface area contributed by atoms with E-state index in [-0.39, 0.29) is 17.2 Å². The summed E-state index contributed by atoms with van der Waals surface area (Å²) in [6, 6.07) is 8.53. The van der Waals surface area contributed by atoms with Crippen LogP contribution >= 0.6 is 0 Å². The van der Waals surface area contributed by atoms with Crippen molar-refractivity contribution in [1.82, 2.24) is 9.38 Å². The Morgan fingerprint density at radius 3 is 2.73 bits per heavy atom. The largest absolute Gasteiger partial charge is 0.478 e. The van der Waals surface area contributed by atoms with Gasteiger partial charge in [0, 0.05) is 24.0 Å². The van der Waals surface area contributed by atoms with E-state index in [0.717, 1.165) is 17.7 Å². The average molecular weight is 406 g/mol. The first-order chi connectivity index (χ1) is 14.3. The van der Waals surface area contributed by atoms with E-state index in [1.54, 1.807) is 41.8 Å². The van der Waals surface area contributed by atoms with Crippen LogP contribution in [0.4, 0.5) is 11.5 Å². The summed E-state index contributed by atoms with van der Waals surface area (Å²) in [5.41, 5.74) is 3.57. The molecule has 1 saturated carbocycles. The van der Waals surface area contributed by atoms with E-state index in [4.69, 9.17) is 4.98 Å². The normalized spacial score (nSPS) is 14.5. The van der Waals surface area contributed by atoms with Crippen LogP contribution in [0, 0.1) is 19.8 Å². The van der Waals surface area contributed by atoms with Gasteiger partial charge in [-0.05, 0) is 63.3 Å². The van der Waals surface area contributed by atoms with E-state index in [1.807, 2.05) is 19.9 Å². The highest BCUT2D eigenvalue weighted by atomic mass is 16.4. The van der Waals surface area contributed by atoms with E-state index in [2.05, 4.69) is 10.6 Å². The third kappa shape index (κ3) is 3.87. The van der Waals surface area contributed by atoms with Crippen LogP contribution in [0.25, 0.3) is 5.65 Å². The van der Waals surface area contributed by atoms with Gasteiger partial charge in [-0.1, -0.05) is 12.1 Å². The molecule has 4 rings (SSSR count). The molecular formula is C23H26N4O3. The maximum atomic E-state index is 13.0. The second-order valence-electron chi connectivity index (χ2n) is 8.10. The molecule has 1 atom stereocenters. The van der Waals surface area contributed by atoms with Crippen LogP contribution in [0.1, 0.15) is 52.9 Å². The van der Waals surface area contributed by atoms with Gasteiger partial charge in [0.2, 0.25) is 0 Å². The quantitative estimate of drug-likeness (QED) is 0.549. The molecule has 0 spiro atoms. The third-order valence-electron chi connectivity index (χ3n) is 5.57. The molecule has 3 N–H and O–H groups in total. The Labute approximate surface area is 174 Å². The van der Waals surface area contributed by atoms with Crippen molar-refractivity contribution in [2.45, 2.75) is 39.7 Å². The van der Waals surface area contributed by atoms with Crippen LogP contribution in [0.3, 0.4) is 0 Å². The Balaban J connectivity index is 1.77. The topological polar surface area (TPSA) is 95.7 Å². The van der Waals surface area contributed by atoms with Crippen molar-refractivity contribution < 1.29 is 9.90 Å². The Kier molecular flexibility index (Phi) is 5.20. The van der Waals surface area contributed by atoms with E-state index < -0.39 is 5.97 Å². The summed E-state index contributed by atoms with van der Waals surface area (Å²) in [5, 5.41) is 16.1. The fourth-order valence-corrected chi connectivity index (χ4v) is 3.66. The van der Waals surface area contributed by atoms with E-state index in [1.165, 1.54) is 12.8 Å². The zero-order valence-electron chi connectivity index (χ0n) is 17.4. The Morgan fingerprint density at radius 2 is 2.03 bits per heavy atom. The number of carbonyl (C=O) groups is 1. The van der Waals surface area contributed by atoms with Crippen molar-refractivity contribution in [3.8, 4) is 0 Å². The van der Waals surface area contributed by atoms with Gasteiger partial charge in [0.05, 0.1) is 17.2 Å². The fraction of sp³-hybridized carbons (Fsp3) is 0.348. The molecule has 0 aliphatic heterocycles. The zero-order chi connectivity index (χ0) is 21.4. The molecule has 3 aromatic rings. The highest BCUT2D eigenvalue weighted by Crippen LogP contribution is 2.30. The minimum atomic E-state index is -0.990. The molecule has 2 heterocycles. The van der Waals surface area contributed by atoms with Gasteiger partial charge in [0.1, 0.15) is 11.5 Å². The van der Waals surface area contributed by atoms with E-state index in [0.29, 0.717) is 28.6 Å². The lowest BCUT2D eigenvalue weighted by Crippen LogP contribution is -2.23. The van der Waals surface area contributed by atoms with Crippen LogP contribution in [0.2, 0.25) is 0 Å². The zero-order valence-corrected chi connectivity index (χ0v) is 17.4. The van der Waals surface area contributed by atoms with Crippen LogP contribution in [-0.2, 0) is 0 Å². The number of aromatic carboxylic acids is 1. The molecule has 7 nitrogen and oxygen atoms in total. The first-order valence-electron chi connectivity index (χ1n) is 10.2. The second-order valence-corrected chi connectivity index (χ2v) is 8.10. The maximum absolute atomic E-state index is 13.0. The summed E-state index contributed by atoms with van der Waals surface area (Å²) in [5.74, 6) is 0.293. The van der Waals surface area contributed by atoms with E-state index in [9.17, 15) is 14.7 Å². The third-order valence-corrected chi connectivity index (χ3v) is 5.57. The van der Waals surface area contributed by atoms with Crippen molar-refractivity contribution in [2.24, 2.45) is 5.92 Å². The fourth-order valence-electron chi connectivity index (χ4n) is 3.66. The van der Waals surface area contributed by atoms with Gasteiger partial charge in [-0.25, -0.2) is 9.78 Å². The Hall–Kier alpha value is -3.35. The van der Waals surface area contributed by atoms with Crippen LogP contribution in [0.5, 0.6) is 0 Å². The SMILES string of the molecule is Cc1cc([C@@H](C)Nc2ccccc2C(=O)O)c2nc(NCC3CC3)c(C)c(=O)n2c1. The summed E-state index contributed by atoms with van der Waals surface area (Å²) < 4.78 is 1.59. The molecule has 0 amide bonds. The molecule has 0 saturated heterocycles. The number of aryl methyl sites for hydroxylation is 1. The molecule has 156 valence electrons. The van der Waals surface area contributed by atoms with Crippen molar-refractivity contribution in [3.05, 3.63) is 69.1 Å². The number of hydrogen-bond donors (Lipinski definition) is 3. The number of hydrogen-bond acceptors (Lipinski definition) is 5. The summed E-state index contributed by atoms with van der Waals surface area (Å²) in [6.07, 6.45) is 4.23. The molecule has 0 radical (unpaired) electrons. The number of nitrogens with one attached hydrogen (secondary N) is 2. The van der Waals surface area contributed by atoms with Gasteiger partial charge in [0.25, 0.3) is 5.56 Å². The van der Waals surface area contributed by atoms with Crippen LogP contribution in [0.15, 0.2) is 41.3 Å². The minimum Gasteiger partial charge on any atom is -0.478 e. The molecule has 1 aromatic carbocycles. The number of nitrogens with zero attached hydrogens (tertiary/aromatic N) is 2.